The van der Waals surface area contributed by atoms with Gasteiger partial charge in [0, 0.05) is 28.0 Å². The first-order valence-electron chi connectivity index (χ1n) is 11.8. The predicted octanol–water partition coefficient (Wildman–Crippen LogP) is 4.28. The van der Waals surface area contributed by atoms with Crippen molar-refractivity contribution in [2.24, 2.45) is 5.73 Å². The highest BCUT2D eigenvalue weighted by atomic mass is 16.5. The van der Waals surface area contributed by atoms with Crippen molar-refractivity contribution >= 4 is 44.6 Å². The number of hydrogen-bond acceptors (Lipinski definition) is 6. The molecule has 6 aromatic rings. The third-order valence-corrected chi connectivity index (χ3v) is 6.80. The zero-order valence-electron chi connectivity index (χ0n) is 20.5. The van der Waals surface area contributed by atoms with E-state index >= 15 is 0 Å². The molecule has 0 atom stereocenters. The molecule has 3 aromatic heterocycles. The number of primary amides is 1. The van der Waals surface area contributed by atoms with Gasteiger partial charge < -0.3 is 15.5 Å². The van der Waals surface area contributed by atoms with Crippen LogP contribution in [0.25, 0.3) is 49.7 Å². The third kappa shape index (κ3) is 3.44. The summed E-state index contributed by atoms with van der Waals surface area (Å²) in [5.74, 6) is -1.11. The molecule has 9 nitrogen and oxygen atoms in total. The lowest BCUT2D eigenvalue weighted by molar-refractivity contribution is 0.0600. The first-order chi connectivity index (χ1) is 18.4. The largest absolute Gasteiger partial charge is 0.465 e. The lowest BCUT2D eigenvalue weighted by Crippen LogP contribution is -2.19. The normalized spacial score (nSPS) is 11.3. The fraction of sp³-hybridized carbons (Fsp3) is 0.0690. The highest BCUT2D eigenvalue weighted by molar-refractivity contribution is 6.19. The van der Waals surface area contributed by atoms with Crippen molar-refractivity contribution in [1.29, 1.82) is 0 Å². The average molecular weight is 504 g/mol. The highest BCUT2D eigenvalue weighted by Gasteiger charge is 2.21. The van der Waals surface area contributed by atoms with E-state index in [1.807, 2.05) is 37.3 Å². The molecule has 0 spiro atoms. The summed E-state index contributed by atoms with van der Waals surface area (Å²) in [5.41, 5.74) is 10.7. The van der Waals surface area contributed by atoms with Crippen LogP contribution in [0.3, 0.4) is 0 Å². The van der Waals surface area contributed by atoms with Crippen LogP contribution in [0, 0.1) is 6.92 Å². The number of hydrogen-bond donors (Lipinski definition) is 2. The number of nitrogens with one attached hydrogen (secondary N) is 1. The van der Waals surface area contributed by atoms with Crippen molar-refractivity contribution < 1.29 is 14.3 Å². The Morgan fingerprint density at radius 2 is 1.82 bits per heavy atom. The summed E-state index contributed by atoms with van der Waals surface area (Å²) in [5, 5.41) is 1.95. The second kappa shape index (κ2) is 8.67. The van der Waals surface area contributed by atoms with Gasteiger partial charge in [-0.3, -0.25) is 19.1 Å². The molecule has 3 heterocycles. The topological polar surface area (TPSA) is 133 Å². The summed E-state index contributed by atoms with van der Waals surface area (Å²) in [4.78, 5) is 50.0. The van der Waals surface area contributed by atoms with Crippen molar-refractivity contribution in [3.8, 4) is 16.9 Å². The molecule has 0 aliphatic carbocycles. The van der Waals surface area contributed by atoms with Crippen LogP contribution >= 0.6 is 0 Å². The van der Waals surface area contributed by atoms with Crippen LogP contribution in [-0.2, 0) is 4.74 Å². The van der Waals surface area contributed by atoms with Gasteiger partial charge in [-0.05, 0) is 42.8 Å². The number of nitrogens with two attached hydrogens (primary N) is 1. The Hall–Kier alpha value is -5.31. The van der Waals surface area contributed by atoms with Crippen molar-refractivity contribution in [3.63, 3.8) is 0 Å². The Balaban J connectivity index is 1.63. The molecular formula is C29H21N5O4. The molecule has 38 heavy (non-hydrogen) atoms. The van der Waals surface area contributed by atoms with E-state index in [-0.39, 0.29) is 11.1 Å². The summed E-state index contributed by atoms with van der Waals surface area (Å²) in [6.45, 7) is 1.91. The van der Waals surface area contributed by atoms with Crippen LogP contribution in [0.1, 0.15) is 26.3 Å². The number of carbonyl (C=O) groups is 2. The number of methoxy groups -OCH3 is 1. The number of aromatic nitrogens is 4. The fourth-order valence-corrected chi connectivity index (χ4v) is 4.92. The summed E-state index contributed by atoms with van der Waals surface area (Å²) in [7, 11) is 1.32. The standard InChI is InChI=1S/C29H21N5O4/c1-15-17(7-5-9-23(15)34-14-32-21-8-4-3-6-19(21)28(34)36)25-24-18-11-10-16(29(37)38-2)12-22(18)33-26(24)20(13-31-25)27(30)35/h3-14,33H,1-2H3,(H2,30,35). The first-order valence-corrected chi connectivity index (χ1v) is 11.8. The molecule has 0 bridgehead atoms. The smallest absolute Gasteiger partial charge is 0.337 e. The molecule has 0 saturated heterocycles. The summed E-state index contributed by atoms with van der Waals surface area (Å²) < 4.78 is 6.37. The van der Waals surface area contributed by atoms with E-state index in [9.17, 15) is 14.4 Å². The molecular weight excluding hydrogens is 482 g/mol. The van der Waals surface area contributed by atoms with Gasteiger partial charge in [-0.2, -0.15) is 0 Å². The number of benzene rings is 3. The van der Waals surface area contributed by atoms with E-state index < -0.39 is 11.9 Å². The molecule has 3 aromatic carbocycles. The summed E-state index contributed by atoms with van der Waals surface area (Å²) in [6.07, 6.45) is 2.96. The minimum absolute atomic E-state index is 0.180. The Labute approximate surface area is 215 Å². The van der Waals surface area contributed by atoms with Crippen LogP contribution in [0.2, 0.25) is 0 Å². The summed E-state index contributed by atoms with van der Waals surface area (Å²) in [6, 6.07) is 17.9. The van der Waals surface area contributed by atoms with E-state index in [1.165, 1.54) is 24.2 Å². The van der Waals surface area contributed by atoms with Crippen molar-refractivity contribution in [3.05, 3.63) is 100 Å². The molecule has 0 saturated carbocycles. The van der Waals surface area contributed by atoms with Gasteiger partial charge in [-0.15, -0.1) is 0 Å². The van der Waals surface area contributed by atoms with Gasteiger partial charge in [0.2, 0.25) is 0 Å². The van der Waals surface area contributed by atoms with E-state index in [0.29, 0.717) is 44.3 Å². The lowest BCUT2D eigenvalue weighted by Gasteiger charge is -2.14. The first kappa shape index (κ1) is 23.1. The van der Waals surface area contributed by atoms with Crippen LogP contribution in [0.15, 0.2) is 78.0 Å². The Kier molecular flexibility index (Phi) is 5.27. The predicted molar refractivity (Wildman–Crippen MR) is 145 cm³/mol. The molecule has 1 amide bonds. The number of ether oxygens (including phenoxy) is 1. The van der Waals surface area contributed by atoms with Gasteiger partial charge in [-0.25, -0.2) is 9.78 Å². The number of pyridine rings is 1. The van der Waals surface area contributed by atoms with E-state index in [2.05, 4.69) is 15.0 Å². The lowest BCUT2D eigenvalue weighted by atomic mass is 9.98. The van der Waals surface area contributed by atoms with Crippen LogP contribution in [0.5, 0.6) is 0 Å². The van der Waals surface area contributed by atoms with Crippen molar-refractivity contribution in [2.45, 2.75) is 6.92 Å². The zero-order chi connectivity index (χ0) is 26.6. The number of carbonyl (C=O) groups excluding carboxylic acids is 2. The summed E-state index contributed by atoms with van der Waals surface area (Å²) >= 11 is 0. The molecule has 9 heteroatoms. The highest BCUT2D eigenvalue weighted by Crippen LogP contribution is 2.37. The second-order valence-corrected chi connectivity index (χ2v) is 8.90. The molecule has 0 unspecified atom stereocenters. The molecule has 186 valence electrons. The van der Waals surface area contributed by atoms with E-state index in [1.54, 1.807) is 30.3 Å². The molecule has 3 N–H and O–H groups in total. The van der Waals surface area contributed by atoms with Crippen LogP contribution in [0.4, 0.5) is 0 Å². The SMILES string of the molecule is COC(=O)c1ccc2c(c1)[nH]c1c(C(N)=O)cnc(-c3cccc(-n4cnc5ccccc5c4=O)c3C)c12. The molecule has 0 aliphatic rings. The number of para-hydroxylation sites is 1. The van der Waals surface area contributed by atoms with Gasteiger partial charge in [0.15, 0.2) is 0 Å². The maximum absolute atomic E-state index is 13.3. The van der Waals surface area contributed by atoms with Gasteiger partial charge in [0.25, 0.3) is 11.5 Å². The number of H-pyrrole nitrogens is 1. The minimum atomic E-state index is -0.631. The van der Waals surface area contributed by atoms with Gasteiger partial charge in [0.05, 0.1) is 46.0 Å². The number of fused-ring (bicyclic) bond motifs is 4. The van der Waals surface area contributed by atoms with Gasteiger partial charge in [0.1, 0.15) is 6.33 Å². The maximum Gasteiger partial charge on any atom is 0.337 e. The van der Waals surface area contributed by atoms with Crippen molar-refractivity contribution in [2.75, 3.05) is 7.11 Å². The second-order valence-electron chi connectivity index (χ2n) is 8.90. The number of aromatic amines is 1. The quantitative estimate of drug-likeness (QED) is 0.345. The number of amides is 1. The Morgan fingerprint density at radius 1 is 1.00 bits per heavy atom. The maximum atomic E-state index is 13.3. The minimum Gasteiger partial charge on any atom is -0.465 e. The van der Waals surface area contributed by atoms with Gasteiger partial charge in [-0.1, -0.05) is 30.3 Å². The number of rotatable bonds is 4. The van der Waals surface area contributed by atoms with Crippen LogP contribution < -0.4 is 11.3 Å². The van der Waals surface area contributed by atoms with E-state index in [4.69, 9.17) is 10.5 Å². The van der Waals surface area contributed by atoms with Crippen molar-refractivity contribution in [1.82, 2.24) is 19.5 Å². The number of nitrogens with zero attached hydrogens (tertiary/aromatic N) is 3. The Morgan fingerprint density at radius 3 is 2.61 bits per heavy atom. The van der Waals surface area contributed by atoms with Crippen LogP contribution in [-0.4, -0.2) is 38.5 Å². The number of esters is 1. The van der Waals surface area contributed by atoms with E-state index in [0.717, 1.165) is 16.5 Å². The fourth-order valence-electron chi connectivity index (χ4n) is 4.92. The molecule has 6 rings (SSSR count). The van der Waals surface area contributed by atoms with Gasteiger partial charge >= 0.3 is 5.97 Å². The third-order valence-electron chi connectivity index (χ3n) is 6.80. The monoisotopic (exact) mass is 503 g/mol. The average Bonchev–Trinajstić information content (AvgIpc) is 3.32. The molecule has 0 aliphatic heterocycles. The molecule has 0 fully saturated rings. The molecule has 0 radical (unpaired) electrons. The Bertz CT molecular complexity index is 2000. The zero-order valence-corrected chi connectivity index (χ0v) is 20.5.